The summed E-state index contributed by atoms with van der Waals surface area (Å²) in [6, 6.07) is 18.6. The number of aliphatic hydroxyl groups excluding tert-OH is 1. The molecule has 1 unspecified atom stereocenters. The van der Waals surface area contributed by atoms with Gasteiger partial charge in [0.2, 0.25) is 0 Å². The highest BCUT2D eigenvalue weighted by molar-refractivity contribution is 9.10. The van der Waals surface area contributed by atoms with E-state index in [2.05, 4.69) is 15.9 Å². The molecule has 180 valence electrons. The van der Waals surface area contributed by atoms with E-state index in [0.717, 1.165) is 10.0 Å². The van der Waals surface area contributed by atoms with Gasteiger partial charge in [-0.1, -0.05) is 34.1 Å². The molecule has 0 radical (unpaired) electrons. The number of hydrogen-bond donors (Lipinski definition) is 1. The minimum Gasteiger partial charge on any atom is -0.507 e. The van der Waals surface area contributed by atoms with Crippen LogP contribution >= 0.6 is 15.9 Å². The van der Waals surface area contributed by atoms with Crippen LogP contribution in [-0.4, -0.2) is 30.0 Å². The summed E-state index contributed by atoms with van der Waals surface area (Å²) in [5.41, 5.74) is 2.52. The molecule has 6 nitrogen and oxygen atoms in total. The highest BCUT2D eigenvalue weighted by atomic mass is 79.9. The number of rotatable bonds is 6. The van der Waals surface area contributed by atoms with Crippen LogP contribution in [0.25, 0.3) is 5.76 Å². The van der Waals surface area contributed by atoms with E-state index in [1.807, 2.05) is 26.8 Å². The molecule has 0 aliphatic carbocycles. The van der Waals surface area contributed by atoms with Crippen LogP contribution in [0.5, 0.6) is 11.5 Å². The first-order valence-corrected chi connectivity index (χ1v) is 12.0. The van der Waals surface area contributed by atoms with Crippen molar-refractivity contribution >= 4 is 39.1 Å². The van der Waals surface area contributed by atoms with Crippen LogP contribution in [0.15, 0.2) is 76.8 Å². The van der Waals surface area contributed by atoms with Gasteiger partial charge in [0.05, 0.1) is 24.8 Å². The molecule has 1 aliphatic heterocycles. The first kappa shape index (κ1) is 24.5. The summed E-state index contributed by atoms with van der Waals surface area (Å²) < 4.78 is 12.0. The molecule has 0 aromatic heterocycles. The molecule has 1 heterocycles. The first-order valence-electron chi connectivity index (χ1n) is 11.2. The van der Waals surface area contributed by atoms with E-state index in [0.29, 0.717) is 28.3 Å². The summed E-state index contributed by atoms with van der Waals surface area (Å²) in [5.74, 6) is -0.463. The average molecular weight is 536 g/mol. The SMILES string of the molecule is COc1cccc(C2/C(=C(/O)c3ccc(Br)c(C)c3)C(=O)C(=O)N2c2ccc(OC(C)C)cc2)c1. The Morgan fingerprint density at radius 1 is 1.00 bits per heavy atom. The zero-order valence-electron chi connectivity index (χ0n) is 19.9. The molecule has 0 spiro atoms. The Morgan fingerprint density at radius 3 is 2.34 bits per heavy atom. The van der Waals surface area contributed by atoms with Crippen LogP contribution in [0.3, 0.4) is 0 Å². The van der Waals surface area contributed by atoms with Gasteiger partial charge in [-0.25, -0.2) is 0 Å². The molecule has 3 aromatic rings. The van der Waals surface area contributed by atoms with Gasteiger partial charge in [-0.15, -0.1) is 0 Å². The number of hydrogen-bond acceptors (Lipinski definition) is 5. The third kappa shape index (κ3) is 4.82. The van der Waals surface area contributed by atoms with E-state index in [4.69, 9.17) is 9.47 Å². The van der Waals surface area contributed by atoms with Gasteiger partial charge in [0.1, 0.15) is 17.3 Å². The van der Waals surface area contributed by atoms with Crippen molar-refractivity contribution in [2.45, 2.75) is 32.9 Å². The summed E-state index contributed by atoms with van der Waals surface area (Å²) in [7, 11) is 1.55. The number of amides is 1. The second-order valence-corrected chi connectivity index (χ2v) is 9.42. The van der Waals surface area contributed by atoms with Crippen molar-refractivity contribution in [2.75, 3.05) is 12.0 Å². The van der Waals surface area contributed by atoms with E-state index in [9.17, 15) is 14.7 Å². The highest BCUT2D eigenvalue weighted by Crippen LogP contribution is 2.43. The van der Waals surface area contributed by atoms with Crippen molar-refractivity contribution in [3.05, 3.63) is 93.5 Å². The normalized spacial score (nSPS) is 17.2. The molecule has 0 saturated carbocycles. The smallest absolute Gasteiger partial charge is 0.300 e. The molecule has 1 amide bonds. The average Bonchev–Trinajstić information content (AvgIpc) is 3.11. The maximum Gasteiger partial charge on any atom is 0.300 e. The maximum atomic E-state index is 13.3. The number of ketones is 1. The second-order valence-electron chi connectivity index (χ2n) is 8.57. The number of ether oxygens (including phenoxy) is 2. The lowest BCUT2D eigenvalue weighted by Crippen LogP contribution is -2.29. The van der Waals surface area contributed by atoms with Crippen LogP contribution in [0.4, 0.5) is 5.69 Å². The quantitative estimate of drug-likeness (QED) is 0.231. The summed E-state index contributed by atoms with van der Waals surface area (Å²) in [4.78, 5) is 28.1. The zero-order valence-corrected chi connectivity index (χ0v) is 21.5. The van der Waals surface area contributed by atoms with Crippen molar-refractivity contribution in [2.24, 2.45) is 0 Å². The lowest BCUT2D eigenvalue weighted by atomic mass is 9.94. The lowest BCUT2D eigenvalue weighted by Gasteiger charge is -2.26. The van der Waals surface area contributed by atoms with E-state index in [1.54, 1.807) is 67.8 Å². The predicted octanol–water partition coefficient (Wildman–Crippen LogP) is 6.18. The molecule has 1 fully saturated rings. The molecule has 7 heteroatoms. The Labute approximate surface area is 212 Å². The number of nitrogens with zero attached hydrogens (tertiary/aromatic N) is 1. The van der Waals surface area contributed by atoms with Crippen LogP contribution in [0.2, 0.25) is 0 Å². The molecule has 1 atom stereocenters. The van der Waals surface area contributed by atoms with Gasteiger partial charge in [-0.05, 0) is 80.4 Å². The molecular formula is C28H26BrNO5. The number of carbonyl (C=O) groups excluding carboxylic acids is 2. The van der Waals surface area contributed by atoms with Crippen LogP contribution < -0.4 is 14.4 Å². The largest absolute Gasteiger partial charge is 0.507 e. The highest BCUT2D eigenvalue weighted by Gasteiger charge is 2.47. The third-order valence-electron chi connectivity index (χ3n) is 5.77. The van der Waals surface area contributed by atoms with Crippen LogP contribution in [-0.2, 0) is 9.59 Å². The summed E-state index contributed by atoms with van der Waals surface area (Å²) in [5, 5.41) is 11.3. The van der Waals surface area contributed by atoms with Crippen LogP contribution in [0.1, 0.15) is 36.6 Å². The van der Waals surface area contributed by atoms with Gasteiger partial charge in [-0.3, -0.25) is 14.5 Å². The molecule has 1 aliphatic rings. The Kier molecular flexibility index (Phi) is 6.98. The number of carbonyl (C=O) groups is 2. The van der Waals surface area contributed by atoms with E-state index >= 15 is 0 Å². The molecule has 1 saturated heterocycles. The predicted molar refractivity (Wildman–Crippen MR) is 139 cm³/mol. The number of Topliss-reactive ketones (excluding diaryl/α,β-unsaturated/α-hetero) is 1. The van der Waals surface area contributed by atoms with Crippen molar-refractivity contribution in [3.63, 3.8) is 0 Å². The van der Waals surface area contributed by atoms with Crippen LogP contribution in [0, 0.1) is 6.92 Å². The molecule has 3 aromatic carbocycles. The number of aryl methyl sites for hydroxylation is 1. The summed E-state index contributed by atoms with van der Waals surface area (Å²) in [6.45, 7) is 5.75. The number of aliphatic hydroxyl groups is 1. The number of benzene rings is 3. The van der Waals surface area contributed by atoms with Gasteiger partial charge in [0.25, 0.3) is 11.7 Å². The summed E-state index contributed by atoms with van der Waals surface area (Å²) >= 11 is 3.46. The fourth-order valence-electron chi connectivity index (χ4n) is 4.13. The molecule has 4 rings (SSSR count). The fraction of sp³-hybridized carbons (Fsp3) is 0.214. The topological polar surface area (TPSA) is 76.1 Å². The maximum absolute atomic E-state index is 13.3. The van der Waals surface area contributed by atoms with Gasteiger partial charge < -0.3 is 14.6 Å². The summed E-state index contributed by atoms with van der Waals surface area (Å²) in [6.07, 6.45) is 0.00114. The van der Waals surface area contributed by atoms with Crippen molar-refractivity contribution in [1.29, 1.82) is 0 Å². The van der Waals surface area contributed by atoms with E-state index in [-0.39, 0.29) is 17.4 Å². The molecule has 0 bridgehead atoms. The fourth-order valence-corrected chi connectivity index (χ4v) is 4.38. The van der Waals surface area contributed by atoms with Crippen molar-refractivity contribution in [3.8, 4) is 11.5 Å². The van der Waals surface area contributed by atoms with Crippen molar-refractivity contribution < 1.29 is 24.2 Å². The minimum absolute atomic E-state index is 0.00114. The van der Waals surface area contributed by atoms with E-state index in [1.165, 1.54) is 4.90 Å². The third-order valence-corrected chi connectivity index (χ3v) is 6.66. The Bertz CT molecular complexity index is 1310. The number of methoxy groups -OCH3 is 1. The zero-order chi connectivity index (χ0) is 25.3. The minimum atomic E-state index is -0.842. The lowest BCUT2D eigenvalue weighted by molar-refractivity contribution is -0.132. The molecule has 1 N–H and O–H groups in total. The van der Waals surface area contributed by atoms with Gasteiger partial charge in [0.15, 0.2) is 0 Å². The Balaban J connectivity index is 1.89. The monoisotopic (exact) mass is 535 g/mol. The van der Waals surface area contributed by atoms with E-state index < -0.39 is 17.7 Å². The second kappa shape index (κ2) is 9.96. The molecule has 35 heavy (non-hydrogen) atoms. The van der Waals surface area contributed by atoms with Crippen molar-refractivity contribution in [1.82, 2.24) is 0 Å². The first-order chi connectivity index (χ1) is 16.7. The Morgan fingerprint density at radius 2 is 1.71 bits per heavy atom. The van der Waals surface area contributed by atoms with Gasteiger partial charge in [-0.2, -0.15) is 0 Å². The number of anilines is 1. The van der Waals surface area contributed by atoms with Gasteiger partial charge >= 0.3 is 0 Å². The van der Waals surface area contributed by atoms with Gasteiger partial charge in [0, 0.05) is 15.7 Å². The number of halogens is 1. The standard InChI is InChI=1S/C28H26BrNO5/c1-16(2)35-21-11-9-20(10-12-21)30-25(18-6-5-7-22(15-18)34-4)24(27(32)28(30)33)26(31)19-8-13-23(29)17(3)14-19/h5-16,25,31H,1-4H3/b26-24-. The Hall–Kier alpha value is -3.58. The molecular weight excluding hydrogens is 510 g/mol.